The summed E-state index contributed by atoms with van der Waals surface area (Å²) in [6.07, 6.45) is 4.03. The minimum absolute atomic E-state index is 0.871. The molecule has 1 fully saturated rings. The Morgan fingerprint density at radius 1 is 1.19 bits per heavy atom. The van der Waals surface area contributed by atoms with E-state index in [0.717, 1.165) is 5.92 Å². The molecule has 1 atom stereocenters. The van der Waals surface area contributed by atoms with Gasteiger partial charge in [-0.25, -0.2) is 0 Å². The molecule has 2 rings (SSSR count). The molecule has 1 heterocycles. The molecule has 1 aromatic rings. The largest absolute Gasteiger partial charge is 0.306 e. The summed E-state index contributed by atoms with van der Waals surface area (Å²) < 4.78 is 0. The van der Waals surface area contributed by atoms with Gasteiger partial charge in [-0.1, -0.05) is 44.2 Å². The van der Waals surface area contributed by atoms with Gasteiger partial charge in [0.2, 0.25) is 0 Å². The van der Waals surface area contributed by atoms with Crippen LogP contribution >= 0.6 is 0 Å². The maximum Gasteiger partial charge on any atom is 0.000979 e. The molecule has 90 valence electrons. The molecule has 1 nitrogen and oxygen atoms in total. The number of hydrogen-bond acceptors (Lipinski definition) is 1. The molecule has 0 saturated carbocycles. The molecule has 0 amide bonds. The van der Waals surface area contributed by atoms with Crippen LogP contribution in [0.25, 0.3) is 0 Å². The number of likely N-dealkylation sites (tertiary alicyclic amines) is 1. The van der Waals surface area contributed by atoms with Crippen LogP contribution in [0.5, 0.6) is 0 Å². The normalized spacial score (nSPS) is 21.1. The quantitative estimate of drug-likeness (QED) is 0.734. The molecule has 16 heavy (non-hydrogen) atoms. The van der Waals surface area contributed by atoms with E-state index >= 15 is 0 Å². The first-order chi connectivity index (χ1) is 7.84. The van der Waals surface area contributed by atoms with Crippen LogP contribution in [0.3, 0.4) is 0 Å². The Kier molecular flexibility index (Phi) is 6.17. The third-order valence-corrected chi connectivity index (χ3v) is 3.09. The van der Waals surface area contributed by atoms with E-state index in [4.69, 9.17) is 0 Å². The fraction of sp³-hybridized carbons (Fsp3) is 0.600. The number of piperidine rings is 1. The van der Waals surface area contributed by atoms with Gasteiger partial charge in [-0.2, -0.15) is 0 Å². The fourth-order valence-corrected chi connectivity index (χ4v) is 2.39. The van der Waals surface area contributed by atoms with Crippen molar-refractivity contribution in [3.05, 3.63) is 35.9 Å². The van der Waals surface area contributed by atoms with Crippen molar-refractivity contribution in [3.8, 4) is 0 Å². The Morgan fingerprint density at radius 2 is 1.88 bits per heavy atom. The lowest BCUT2D eigenvalue weighted by molar-refractivity contribution is 0.209. The third-order valence-electron chi connectivity index (χ3n) is 3.09. The topological polar surface area (TPSA) is 3.24 Å². The number of hydrogen-bond donors (Lipinski definition) is 0. The van der Waals surface area contributed by atoms with E-state index in [9.17, 15) is 0 Å². The molecule has 1 heteroatoms. The average Bonchev–Trinajstić information content (AvgIpc) is 2.33. The number of benzene rings is 1. The van der Waals surface area contributed by atoms with Gasteiger partial charge in [0.1, 0.15) is 0 Å². The molecule has 1 saturated heterocycles. The molecule has 1 aliphatic rings. The van der Waals surface area contributed by atoms with Gasteiger partial charge in [0.15, 0.2) is 0 Å². The number of rotatable bonds is 2. The Hall–Kier alpha value is -0.820. The van der Waals surface area contributed by atoms with E-state index in [0.29, 0.717) is 0 Å². The van der Waals surface area contributed by atoms with Gasteiger partial charge in [0.25, 0.3) is 0 Å². The van der Waals surface area contributed by atoms with E-state index in [-0.39, 0.29) is 0 Å². The van der Waals surface area contributed by atoms with Crippen LogP contribution in [0, 0.1) is 5.92 Å². The minimum Gasteiger partial charge on any atom is -0.306 e. The van der Waals surface area contributed by atoms with Crippen molar-refractivity contribution in [2.75, 3.05) is 20.1 Å². The fourth-order valence-electron chi connectivity index (χ4n) is 2.39. The highest BCUT2D eigenvalue weighted by atomic mass is 15.1. The van der Waals surface area contributed by atoms with E-state index in [1.807, 2.05) is 13.8 Å². The van der Waals surface area contributed by atoms with Gasteiger partial charge in [-0.3, -0.25) is 0 Å². The molecular formula is C15H25N. The lowest BCUT2D eigenvalue weighted by atomic mass is 9.92. The maximum atomic E-state index is 2.46. The van der Waals surface area contributed by atoms with Gasteiger partial charge in [-0.05, 0) is 44.3 Å². The van der Waals surface area contributed by atoms with Crippen molar-refractivity contribution < 1.29 is 0 Å². The van der Waals surface area contributed by atoms with Crippen molar-refractivity contribution in [1.82, 2.24) is 4.90 Å². The van der Waals surface area contributed by atoms with Crippen LogP contribution in [0.2, 0.25) is 0 Å². The Bertz CT molecular complexity index is 268. The minimum atomic E-state index is 0.871. The summed E-state index contributed by atoms with van der Waals surface area (Å²) in [4.78, 5) is 2.46. The van der Waals surface area contributed by atoms with Gasteiger partial charge in [-0.15, -0.1) is 0 Å². The first-order valence-electron chi connectivity index (χ1n) is 6.57. The molecular weight excluding hydrogens is 194 g/mol. The van der Waals surface area contributed by atoms with Crippen molar-refractivity contribution in [2.45, 2.75) is 33.1 Å². The molecule has 0 radical (unpaired) electrons. The zero-order valence-corrected chi connectivity index (χ0v) is 10.9. The zero-order valence-electron chi connectivity index (χ0n) is 10.9. The van der Waals surface area contributed by atoms with Gasteiger partial charge < -0.3 is 4.90 Å². The monoisotopic (exact) mass is 219 g/mol. The van der Waals surface area contributed by atoms with E-state index < -0.39 is 0 Å². The first-order valence-corrected chi connectivity index (χ1v) is 6.57. The second-order valence-electron chi connectivity index (χ2n) is 4.46. The van der Waals surface area contributed by atoms with Crippen molar-refractivity contribution in [1.29, 1.82) is 0 Å². The molecule has 0 N–H and O–H groups in total. The van der Waals surface area contributed by atoms with E-state index in [1.165, 1.54) is 37.9 Å². The Balaban J connectivity index is 0.000000606. The molecule has 1 aliphatic heterocycles. The maximum absolute atomic E-state index is 2.46. The van der Waals surface area contributed by atoms with Crippen molar-refractivity contribution in [3.63, 3.8) is 0 Å². The van der Waals surface area contributed by atoms with Crippen LogP contribution < -0.4 is 0 Å². The highest BCUT2D eigenvalue weighted by Gasteiger charge is 2.16. The van der Waals surface area contributed by atoms with Crippen LogP contribution in [-0.2, 0) is 6.42 Å². The van der Waals surface area contributed by atoms with Crippen LogP contribution in [-0.4, -0.2) is 25.0 Å². The Labute approximate surface area is 100 Å². The highest BCUT2D eigenvalue weighted by Crippen LogP contribution is 2.19. The van der Waals surface area contributed by atoms with Crippen LogP contribution in [0.15, 0.2) is 30.3 Å². The summed E-state index contributed by atoms with van der Waals surface area (Å²) >= 11 is 0. The first kappa shape index (κ1) is 13.2. The van der Waals surface area contributed by atoms with E-state index in [2.05, 4.69) is 42.3 Å². The summed E-state index contributed by atoms with van der Waals surface area (Å²) in [5, 5.41) is 0. The van der Waals surface area contributed by atoms with Crippen LogP contribution in [0.1, 0.15) is 32.3 Å². The summed E-state index contributed by atoms with van der Waals surface area (Å²) in [5.41, 5.74) is 1.49. The predicted molar refractivity (Wildman–Crippen MR) is 71.7 cm³/mol. The average molecular weight is 219 g/mol. The van der Waals surface area contributed by atoms with Crippen molar-refractivity contribution >= 4 is 0 Å². The summed E-state index contributed by atoms with van der Waals surface area (Å²) in [6.45, 7) is 6.56. The predicted octanol–water partition coefficient (Wildman–Crippen LogP) is 3.60. The molecule has 0 spiro atoms. The zero-order chi connectivity index (χ0) is 11.8. The smallest absolute Gasteiger partial charge is 0.000979 e. The van der Waals surface area contributed by atoms with E-state index in [1.54, 1.807) is 0 Å². The Morgan fingerprint density at radius 3 is 2.50 bits per heavy atom. The lowest BCUT2D eigenvalue weighted by Gasteiger charge is -2.29. The second kappa shape index (κ2) is 7.45. The van der Waals surface area contributed by atoms with Gasteiger partial charge >= 0.3 is 0 Å². The van der Waals surface area contributed by atoms with Gasteiger partial charge in [0.05, 0.1) is 0 Å². The molecule has 0 bridgehead atoms. The van der Waals surface area contributed by atoms with Gasteiger partial charge in [0, 0.05) is 6.54 Å². The summed E-state index contributed by atoms with van der Waals surface area (Å²) in [6, 6.07) is 10.9. The summed E-state index contributed by atoms with van der Waals surface area (Å²) in [5.74, 6) is 0.871. The lowest BCUT2D eigenvalue weighted by Crippen LogP contribution is -2.32. The molecule has 1 aromatic carbocycles. The van der Waals surface area contributed by atoms with Crippen LogP contribution in [0.4, 0.5) is 0 Å². The summed E-state index contributed by atoms with van der Waals surface area (Å²) in [7, 11) is 2.23. The highest BCUT2D eigenvalue weighted by molar-refractivity contribution is 5.15. The SMILES string of the molecule is CC.CN1CCCC(Cc2ccccc2)C1. The standard InChI is InChI=1S/C13H19N.C2H6/c1-14-9-5-8-13(11-14)10-12-6-3-2-4-7-12;1-2/h2-4,6-7,13H,5,8-11H2,1H3;1-2H3. The van der Waals surface area contributed by atoms with Crippen molar-refractivity contribution in [2.24, 2.45) is 5.92 Å². The second-order valence-corrected chi connectivity index (χ2v) is 4.46. The third kappa shape index (κ3) is 4.36. The molecule has 0 aromatic heterocycles. The molecule has 1 unspecified atom stereocenters. The number of nitrogens with zero attached hydrogens (tertiary/aromatic N) is 1. The molecule has 0 aliphatic carbocycles.